The first kappa shape index (κ1) is 21.8. The number of fused-ring (bicyclic) bond motifs is 1. The largest absolute Gasteiger partial charge is 0.490 e. The van der Waals surface area contributed by atoms with Gasteiger partial charge in [-0.1, -0.05) is 6.07 Å². The number of hydrogen-bond acceptors (Lipinski definition) is 7. The van der Waals surface area contributed by atoms with Crippen molar-refractivity contribution in [2.75, 3.05) is 19.4 Å². The molecular formula is C21H28N4O5. The molecule has 1 saturated carbocycles. The number of carboxylic acid groups (broad SMARTS) is 1. The van der Waals surface area contributed by atoms with E-state index in [1.165, 1.54) is 0 Å². The molecule has 0 saturated heterocycles. The van der Waals surface area contributed by atoms with Crippen LogP contribution in [-0.4, -0.2) is 58.9 Å². The van der Waals surface area contributed by atoms with Crippen molar-refractivity contribution in [3.8, 4) is 5.75 Å². The van der Waals surface area contributed by atoms with Crippen LogP contribution in [0.3, 0.4) is 0 Å². The Morgan fingerprint density at radius 2 is 2.00 bits per heavy atom. The summed E-state index contributed by atoms with van der Waals surface area (Å²) < 4.78 is 6.19. The van der Waals surface area contributed by atoms with Gasteiger partial charge in [-0.15, -0.1) is 0 Å². The highest BCUT2D eigenvalue weighted by molar-refractivity contribution is 6.06. The van der Waals surface area contributed by atoms with Gasteiger partial charge < -0.3 is 31.3 Å². The fourth-order valence-electron chi connectivity index (χ4n) is 3.92. The average molecular weight is 416 g/mol. The first-order valence-corrected chi connectivity index (χ1v) is 10.0. The van der Waals surface area contributed by atoms with Gasteiger partial charge in [-0.3, -0.25) is 9.78 Å². The maximum Gasteiger partial charge on any atom is 0.339 e. The highest BCUT2D eigenvalue weighted by Crippen LogP contribution is 2.35. The van der Waals surface area contributed by atoms with Gasteiger partial charge >= 0.3 is 5.97 Å². The van der Waals surface area contributed by atoms with Gasteiger partial charge in [-0.25, -0.2) is 4.79 Å². The van der Waals surface area contributed by atoms with Crippen molar-refractivity contribution in [3.05, 3.63) is 29.5 Å². The predicted octanol–water partition coefficient (Wildman–Crippen LogP) is 1.21. The molecule has 0 bridgehead atoms. The minimum atomic E-state index is -1.12. The van der Waals surface area contributed by atoms with Crippen molar-refractivity contribution in [2.24, 2.45) is 0 Å². The van der Waals surface area contributed by atoms with Crippen molar-refractivity contribution in [2.45, 2.75) is 50.8 Å². The Bertz CT molecular complexity index is 937. The Morgan fingerprint density at radius 1 is 1.30 bits per heavy atom. The zero-order valence-electron chi connectivity index (χ0n) is 17.1. The number of hydrogen-bond donors (Lipinski definition) is 5. The molecule has 1 atom stereocenters. The van der Waals surface area contributed by atoms with Crippen LogP contribution in [-0.2, 0) is 4.79 Å². The molecule has 2 aromatic rings. The van der Waals surface area contributed by atoms with Crippen LogP contribution in [0.2, 0.25) is 0 Å². The molecule has 0 spiro atoms. The Hall–Kier alpha value is -2.91. The number of carbonyl (C=O) groups is 2. The van der Waals surface area contributed by atoms with Crippen LogP contribution in [0, 0.1) is 6.92 Å². The number of aliphatic hydroxyl groups excluding tert-OH is 1. The number of amides is 1. The highest BCUT2D eigenvalue weighted by atomic mass is 16.5. The molecule has 1 fully saturated rings. The summed E-state index contributed by atoms with van der Waals surface area (Å²) in [5, 5.41) is 24.9. The molecule has 1 amide bonds. The number of nitrogen functional groups attached to an aromatic ring is 1. The summed E-state index contributed by atoms with van der Waals surface area (Å²) in [6, 6.07) is 4.77. The molecule has 6 N–H and O–H groups in total. The molecular weight excluding hydrogens is 388 g/mol. The van der Waals surface area contributed by atoms with Gasteiger partial charge in [0.25, 0.3) is 0 Å². The predicted molar refractivity (Wildman–Crippen MR) is 113 cm³/mol. The lowest BCUT2D eigenvalue weighted by Crippen LogP contribution is -2.49. The highest BCUT2D eigenvalue weighted by Gasteiger charge is 2.27. The van der Waals surface area contributed by atoms with Crippen LogP contribution >= 0.6 is 0 Å². The number of rotatable bonds is 7. The molecule has 9 heteroatoms. The first-order chi connectivity index (χ1) is 14.3. The number of aliphatic hydroxyl groups is 1. The zero-order chi connectivity index (χ0) is 21.8. The average Bonchev–Trinajstić information content (AvgIpc) is 2.70. The van der Waals surface area contributed by atoms with Gasteiger partial charge in [-0.2, -0.15) is 0 Å². The van der Waals surface area contributed by atoms with E-state index in [9.17, 15) is 19.8 Å². The van der Waals surface area contributed by atoms with E-state index in [1.807, 2.05) is 6.07 Å². The smallest absolute Gasteiger partial charge is 0.339 e. The van der Waals surface area contributed by atoms with Crippen LogP contribution in [0.1, 0.15) is 41.7 Å². The van der Waals surface area contributed by atoms with Crippen LogP contribution in [0.5, 0.6) is 5.75 Å². The van der Waals surface area contributed by atoms with Gasteiger partial charge in [0.15, 0.2) is 0 Å². The standard InChI is InChI=1S/C21H28N4O5/c1-11-17(21(28)29)19(22)18-14(24-11)4-3-5-16(18)30-13-8-6-12(7-9-13)25-20(27)15(10-26)23-2/h3-5,12-13,15,23,26H,6-10H2,1-2H3,(H2,22,24)(H,25,27)(H,28,29)/t12?,13?,15-/m0/s1. The Balaban J connectivity index is 1.72. The van der Waals surface area contributed by atoms with Gasteiger partial charge in [0.05, 0.1) is 35.0 Å². The molecule has 0 radical (unpaired) electrons. The van der Waals surface area contributed by atoms with E-state index < -0.39 is 12.0 Å². The molecule has 1 aliphatic carbocycles. The van der Waals surface area contributed by atoms with Crippen LogP contribution in [0.4, 0.5) is 5.69 Å². The number of anilines is 1. The summed E-state index contributed by atoms with van der Waals surface area (Å²) in [6.07, 6.45) is 2.88. The quantitative estimate of drug-likeness (QED) is 0.453. The van der Waals surface area contributed by atoms with Gasteiger partial charge in [0.1, 0.15) is 17.4 Å². The number of likely N-dealkylation sites (N-methyl/N-ethyl adjacent to an activating group) is 1. The molecule has 3 rings (SSSR count). The number of aromatic nitrogens is 1. The maximum absolute atomic E-state index is 12.1. The fraction of sp³-hybridized carbons (Fsp3) is 0.476. The number of carbonyl (C=O) groups excluding carboxylic acids is 1. The number of nitrogens with one attached hydrogen (secondary N) is 2. The van der Waals surface area contributed by atoms with Crippen LogP contribution < -0.4 is 21.1 Å². The number of carboxylic acids is 1. The molecule has 162 valence electrons. The molecule has 1 heterocycles. The number of benzene rings is 1. The number of nitrogens with zero attached hydrogens (tertiary/aromatic N) is 1. The summed E-state index contributed by atoms with van der Waals surface area (Å²) in [7, 11) is 1.63. The number of ether oxygens (including phenoxy) is 1. The van der Waals surface area contributed by atoms with Crippen molar-refractivity contribution in [1.82, 2.24) is 15.6 Å². The third kappa shape index (κ3) is 4.47. The van der Waals surface area contributed by atoms with Crippen LogP contribution in [0.15, 0.2) is 18.2 Å². The van der Waals surface area contributed by atoms with E-state index in [2.05, 4.69) is 15.6 Å². The fourth-order valence-corrected chi connectivity index (χ4v) is 3.92. The number of nitrogens with two attached hydrogens (primary N) is 1. The van der Waals surface area contributed by atoms with Crippen LogP contribution in [0.25, 0.3) is 10.9 Å². The third-order valence-corrected chi connectivity index (χ3v) is 5.57. The summed E-state index contributed by atoms with van der Waals surface area (Å²) in [4.78, 5) is 28.1. The molecule has 1 aliphatic rings. The second-order valence-electron chi connectivity index (χ2n) is 7.57. The molecule has 0 aliphatic heterocycles. The van der Waals surface area contributed by atoms with Crippen molar-refractivity contribution in [3.63, 3.8) is 0 Å². The van der Waals surface area contributed by atoms with E-state index >= 15 is 0 Å². The molecule has 30 heavy (non-hydrogen) atoms. The zero-order valence-corrected chi connectivity index (χ0v) is 17.1. The van der Waals surface area contributed by atoms with Gasteiger partial charge in [0, 0.05) is 6.04 Å². The summed E-state index contributed by atoms with van der Waals surface area (Å²) in [5.74, 6) is -0.815. The van der Waals surface area contributed by atoms with E-state index in [0.717, 1.165) is 25.7 Å². The lowest BCUT2D eigenvalue weighted by molar-refractivity contribution is -0.125. The van der Waals surface area contributed by atoms with Gasteiger partial charge in [0.2, 0.25) is 5.91 Å². The minimum absolute atomic E-state index is 0.00654. The lowest BCUT2D eigenvalue weighted by atomic mass is 9.92. The Morgan fingerprint density at radius 3 is 2.60 bits per heavy atom. The van der Waals surface area contributed by atoms with E-state index in [4.69, 9.17) is 10.5 Å². The summed E-state index contributed by atoms with van der Waals surface area (Å²) >= 11 is 0. The monoisotopic (exact) mass is 416 g/mol. The normalized spacial score (nSPS) is 20.0. The summed E-state index contributed by atoms with van der Waals surface area (Å²) in [5.41, 5.74) is 7.29. The van der Waals surface area contributed by atoms with E-state index in [-0.39, 0.29) is 35.9 Å². The number of pyridine rings is 1. The maximum atomic E-state index is 12.1. The van der Waals surface area contributed by atoms with Crippen molar-refractivity contribution in [1.29, 1.82) is 0 Å². The summed E-state index contributed by atoms with van der Waals surface area (Å²) in [6.45, 7) is 1.37. The van der Waals surface area contributed by atoms with Crippen molar-refractivity contribution >= 4 is 28.5 Å². The lowest BCUT2D eigenvalue weighted by Gasteiger charge is -2.30. The van der Waals surface area contributed by atoms with E-state index in [0.29, 0.717) is 22.3 Å². The van der Waals surface area contributed by atoms with Gasteiger partial charge in [-0.05, 0) is 51.8 Å². The van der Waals surface area contributed by atoms with Crippen molar-refractivity contribution < 1.29 is 24.5 Å². The topological polar surface area (TPSA) is 147 Å². The molecule has 1 aromatic carbocycles. The first-order valence-electron chi connectivity index (χ1n) is 10.0. The Kier molecular flexibility index (Phi) is 6.73. The SMILES string of the molecule is CN[C@@H](CO)C(=O)NC1CCC(Oc2cccc3nc(C)c(C(=O)O)c(N)c23)CC1. The molecule has 9 nitrogen and oxygen atoms in total. The second-order valence-corrected chi connectivity index (χ2v) is 7.57. The molecule has 0 unspecified atom stereocenters. The van der Waals surface area contributed by atoms with E-state index in [1.54, 1.807) is 26.1 Å². The molecule has 1 aromatic heterocycles. The number of aromatic carboxylic acids is 1. The second kappa shape index (κ2) is 9.27. The third-order valence-electron chi connectivity index (χ3n) is 5.57. The minimum Gasteiger partial charge on any atom is -0.490 e. The number of aryl methyl sites for hydroxylation is 1. The Labute approximate surface area is 174 Å².